The van der Waals surface area contributed by atoms with Crippen LogP contribution in [-0.4, -0.2) is 20.5 Å². The van der Waals surface area contributed by atoms with Crippen LogP contribution in [0.15, 0.2) is 12.1 Å². The van der Waals surface area contributed by atoms with E-state index in [4.69, 9.17) is 9.47 Å². The molecule has 0 amide bonds. The summed E-state index contributed by atoms with van der Waals surface area (Å²) in [5, 5.41) is 0. The lowest BCUT2D eigenvalue weighted by atomic mass is 9.84. The van der Waals surface area contributed by atoms with Gasteiger partial charge in [-0.25, -0.2) is 0 Å². The minimum atomic E-state index is 0.158. The van der Waals surface area contributed by atoms with E-state index in [0.29, 0.717) is 0 Å². The first kappa shape index (κ1) is 11.0. The molecule has 16 heavy (non-hydrogen) atoms. The fourth-order valence-electron chi connectivity index (χ4n) is 2.23. The maximum Gasteiger partial charge on any atom is 0.161 e. The van der Waals surface area contributed by atoms with Crippen LogP contribution in [0, 0.1) is 5.92 Å². The average molecular weight is 220 g/mol. The molecule has 3 nitrogen and oxygen atoms in total. The number of hydrogen-bond donors (Lipinski definition) is 0. The smallest absolute Gasteiger partial charge is 0.161 e. The second-order valence-corrected chi connectivity index (χ2v) is 4.11. The van der Waals surface area contributed by atoms with Crippen molar-refractivity contribution in [2.75, 3.05) is 14.2 Å². The standard InChI is InChI=1S/C13H16O3/c1-15-12-6-10-4-3-9(8-14)5-11(10)7-13(12)16-2/h6-9H,3-5H2,1-2H3. The van der Waals surface area contributed by atoms with Crippen molar-refractivity contribution in [3.63, 3.8) is 0 Å². The van der Waals surface area contributed by atoms with Crippen LogP contribution in [0.2, 0.25) is 0 Å². The van der Waals surface area contributed by atoms with Crippen LogP contribution < -0.4 is 9.47 Å². The first-order chi connectivity index (χ1) is 7.78. The number of methoxy groups -OCH3 is 2. The molecule has 1 aromatic carbocycles. The van der Waals surface area contributed by atoms with Gasteiger partial charge in [-0.05, 0) is 42.5 Å². The van der Waals surface area contributed by atoms with Gasteiger partial charge in [0.2, 0.25) is 0 Å². The first-order valence-corrected chi connectivity index (χ1v) is 5.47. The summed E-state index contributed by atoms with van der Waals surface area (Å²) in [4.78, 5) is 10.8. The number of aryl methyl sites for hydroxylation is 1. The van der Waals surface area contributed by atoms with Crippen molar-refractivity contribution in [3.05, 3.63) is 23.3 Å². The molecule has 0 bridgehead atoms. The number of carbonyl (C=O) groups is 1. The van der Waals surface area contributed by atoms with E-state index in [1.165, 1.54) is 11.1 Å². The zero-order valence-corrected chi connectivity index (χ0v) is 9.66. The van der Waals surface area contributed by atoms with Gasteiger partial charge in [0.1, 0.15) is 6.29 Å². The van der Waals surface area contributed by atoms with Gasteiger partial charge in [0.15, 0.2) is 11.5 Å². The van der Waals surface area contributed by atoms with Gasteiger partial charge in [-0.2, -0.15) is 0 Å². The van der Waals surface area contributed by atoms with Crippen molar-refractivity contribution < 1.29 is 14.3 Å². The molecule has 3 heteroatoms. The first-order valence-electron chi connectivity index (χ1n) is 5.47. The molecule has 0 spiro atoms. The van der Waals surface area contributed by atoms with Gasteiger partial charge in [-0.3, -0.25) is 0 Å². The fourth-order valence-corrected chi connectivity index (χ4v) is 2.23. The number of fused-ring (bicyclic) bond motifs is 1. The molecule has 1 aliphatic rings. The highest BCUT2D eigenvalue weighted by Crippen LogP contribution is 2.35. The fraction of sp³-hybridized carbons (Fsp3) is 0.462. The molecular weight excluding hydrogens is 204 g/mol. The highest BCUT2D eigenvalue weighted by molar-refractivity contribution is 5.57. The van der Waals surface area contributed by atoms with Gasteiger partial charge >= 0.3 is 0 Å². The number of hydrogen-bond acceptors (Lipinski definition) is 3. The molecular formula is C13H16O3. The van der Waals surface area contributed by atoms with E-state index in [2.05, 4.69) is 0 Å². The second-order valence-electron chi connectivity index (χ2n) is 4.11. The molecule has 2 rings (SSSR count). The van der Waals surface area contributed by atoms with E-state index in [1.54, 1.807) is 14.2 Å². The summed E-state index contributed by atoms with van der Waals surface area (Å²) >= 11 is 0. The van der Waals surface area contributed by atoms with E-state index in [9.17, 15) is 4.79 Å². The zero-order valence-electron chi connectivity index (χ0n) is 9.66. The zero-order chi connectivity index (χ0) is 11.5. The van der Waals surface area contributed by atoms with Gasteiger partial charge < -0.3 is 14.3 Å². The van der Waals surface area contributed by atoms with Crippen molar-refractivity contribution in [1.29, 1.82) is 0 Å². The number of aldehydes is 1. The van der Waals surface area contributed by atoms with Gasteiger partial charge in [-0.1, -0.05) is 0 Å². The summed E-state index contributed by atoms with van der Waals surface area (Å²) in [7, 11) is 3.27. The Kier molecular flexibility index (Phi) is 3.13. The molecule has 0 N–H and O–H groups in total. The second kappa shape index (κ2) is 4.56. The molecule has 0 saturated carbocycles. The van der Waals surface area contributed by atoms with E-state index in [-0.39, 0.29) is 5.92 Å². The van der Waals surface area contributed by atoms with Crippen LogP contribution in [0.3, 0.4) is 0 Å². The molecule has 0 aliphatic heterocycles. The lowest BCUT2D eigenvalue weighted by molar-refractivity contribution is -0.111. The third kappa shape index (κ3) is 1.90. The lowest BCUT2D eigenvalue weighted by Gasteiger charge is -2.22. The molecule has 1 atom stereocenters. The van der Waals surface area contributed by atoms with E-state index in [1.807, 2.05) is 12.1 Å². The van der Waals surface area contributed by atoms with Crippen LogP contribution in [0.4, 0.5) is 0 Å². The SMILES string of the molecule is COc1cc2c(cc1OC)CC(C=O)CC2. The Bertz CT molecular complexity index is 398. The molecule has 1 aliphatic carbocycles. The molecule has 0 fully saturated rings. The molecule has 0 saturated heterocycles. The minimum Gasteiger partial charge on any atom is -0.493 e. The Morgan fingerprint density at radius 3 is 2.38 bits per heavy atom. The minimum absolute atomic E-state index is 0.158. The molecule has 1 aromatic rings. The third-order valence-corrected chi connectivity index (χ3v) is 3.16. The quantitative estimate of drug-likeness (QED) is 0.731. The third-order valence-electron chi connectivity index (χ3n) is 3.16. The molecule has 0 radical (unpaired) electrons. The van der Waals surface area contributed by atoms with Crippen LogP contribution in [0.25, 0.3) is 0 Å². The van der Waals surface area contributed by atoms with Crippen molar-refractivity contribution in [2.45, 2.75) is 19.3 Å². The van der Waals surface area contributed by atoms with Gasteiger partial charge in [0, 0.05) is 5.92 Å². The Hall–Kier alpha value is -1.51. The maximum atomic E-state index is 10.8. The summed E-state index contributed by atoms with van der Waals surface area (Å²) in [6.45, 7) is 0. The van der Waals surface area contributed by atoms with Gasteiger partial charge in [-0.15, -0.1) is 0 Å². The van der Waals surface area contributed by atoms with Gasteiger partial charge in [0.05, 0.1) is 14.2 Å². The summed E-state index contributed by atoms with van der Waals surface area (Å²) in [5.41, 5.74) is 2.48. The van der Waals surface area contributed by atoms with E-state index < -0.39 is 0 Å². The summed E-state index contributed by atoms with van der Waals surface area (Å²) < 4.78 is 10.5. The summed E-state index contributed by atoms with van der Waals surface area (Å²) in [6.07, 6.45) is 3.75. The van der Waals surface area contributed by atoms with Crippen molar-refractivity contribution in [1.82, 2.24) is 0 Å². The van der Waals surface area contributed by atoms with Gasteiger partial charge in [0.25, 0.3) is 0 Å². The van der Waals surface area contributed by atoms with Crippen LogP contribution in [-0.2, 0) is 17.6 Å². The van der Waals surface area contributed by atoms with E-state index in [0.717, 1.165) is 37.0 Å². The predicted octanol–water partition coefficient (Wildman–Crippen LogP) is 2.01. The molecule has 86 valence electrons. The Morgan fingerprint density at radius 1 is 1.19 bits per heavy atom. The van der Waals surface area contributed by atoms with Crippen LogP contribution in [0.1, 0.15) is 17.5 Å². The Morgan fingerprint density at radius 2 is 1.81 bits per heavy atom. The lowest BCUT2D eigenvalue weighted by Crippen LogP contribution is -2.15. The van der Waals surface area contributed by atoms with Crippen LogP contribution >= 0.6 is 0 Å². The molecule has 1 unspecified atom stereocenters. The summed E-state index contributed by atoms with van der Waals surface area (Å²) in [5.74, 6) is 1.67. The van der Waals surface area contributed by atoms with Crippen molar-refractivity contribution >= 4 is 6.29 Å². The monoisotopic (exact) mass is 220 g/mol. The normalized spacial score (nSPS) is 18.8. The highest BCUT2D eigenvalue weighted by Gasteiger charge is 2.20. The van der Waals surface area contributed by atoms with Crippen LogP contribution in [0.5, 0.6) is 11.5 Å². The summed E-state index contributed by atoms with van der Waals surface area (Å²) in [6, 6.07) is 4.01. The predicted molar refractivity (Wildman–Crippen MR) is 61.1 cm³/mol. The van der Waals surface area contributed by atoms with Crippen molar-refractivity contribution in [3.8, 4) is 11.5 Å². The number of carbonyl (C=O) groups excluding carboxylic acids is 1. The average Bonchev–Trinajstić information content (AvgIpc) is 2.36. The Labute approximate surface area is 95.4 Å². The largest absolute Gasteiger partial charge is 0.493 e. The number of ether oxygens (including phenoxy) is 2. The maximum absolute atomic E-state index is 10.8. The van der Waals surface area contributed by atoms with Crippen molar-refractivity contribution in [2.24, 2.45) is 5.92 Å². The molecule has 0 heterocycles. The molecule has 0 aromatic heterocycles. The Balaban J connectivity index is 2.37. The number of rotatable bonds is 3. The topological polar surface area (TPSA) is 35.5 Å². The highest BCUT2D eigenvalue weighted by atomic mass is 16.5. The number of benzene rings is 1. The van der Waals surface area contributed by atoms with E-state index >= 15 is 0 Å².